The fraction of sp³-hybridized carbons (Fsp3) is 0.350. The number of sulfonamides is 1. The van der Waals surface area contributed by atoms with E-state index in [-0.39, 0.29) is 4.90 Å². The van der Waals surface area contributed by atoms with E-state index >= 15 is 0 Å². The number of nitrogens with one attached hydrogen (secondary N) is 1. The molecule has 1 amide bonds. The summed E-state index contributed by atoms with van der Waals surface area (Å²) in [7, 11) is -0.775. The number of anilines is 1. The van der Waals surface area contributed by atoms with Gasteiger partial charge in [-0.3, -0.25) is 4.79 Å². The minimum Gasteiger partial charge on any atom is -0.494 e. The highest BCUT2D eigenvalue weighted by Crippen LogP contribution is 2.35. The van der Waals surface area contributed by atoms with Gasteiger partial charge in [-0.2, -0.15) is 4.31 Å². The Labute approximate surface area is 165 Å². The maximum Gasteiger partial charge on any atom is 0.243 e. The van der Waals surface area contributed by atoms with Gasteiger partial charge in [0.2, 0.25) is 15.9 Å². The molecular weight excluding hydrogens is 380 g/mol. The molecule has 7 nitrogen and oxygen atoms in total. The van der Waals surface area contributed by atoms with E-state index in [9.17, 15) is 13.2 Å². The smallest absolute Gasteiger partial charge is 0.243 e. The first kappa shape index (κ1) is 20.2. The first-order valence-corrected chi connectivity index (χ1v) is 10.4. The second kappa shape index (κ2) is 8.20. The number of methoxy groups -OCH3 is 2. The van der Waals surface area contributed by atoms with Crippen molar-refractivity contribution in [3.8, 4) is 11.5 Å². The number of nitrogens with zero attached hydrogens (tertiary/aromatic N) is 1. The van der Waals surface area contributed by atoms with Gasteiger partial charge in [0, 0.05) is 6.54 Å². The van der Waals surface area contributed by atoms with Crippen molar-refractivity contribution in [3.05, 3.63) is 48.0 Å². The van der Waals surface area contributed by atoms with Gasteiger partial charge in [-0.1, -0.05) is 23.8 Å². The number of hydrogen-bond donors (Lipinski definition) is 1. The largest absolute Gasteiger partial charge is 0.494 e. The molecule has 1 aliphatic heterocycles. The maximum absolute atomic E-state index is 13.1. The Balaban J connectivity index is 1.87. The Morgan fingerprint density at radius 2 is 1.68 bits per heavy atom. The maximum atomic E-state index is 13.1. The summed E-state index contributed by atoms with van der Waals surface area (Å²) in [6.45, 7) is 2.19. The number of carbonyl (C=O) groups is 1. The molecule has 0 bridgehead atoms. The molecule has 2 aromatic rings. The number of amides is 1. The topological polar surface area (TPSA) is 84.9 Å². The van der Waals surface area contributed by atoms with Crippen LogP contribution >= 0.6 is 0 Å². The molecule has 2 aromatic carbocycles. The van der Waals surface area contributed by atoms with Crippen molar-refractivity contribution in [2.24, 2.45) is 0 Å². The van der Waals surface area contributed by atoms with Crippen LogP contribution in [-0.2, 0) is 14.8 Å². The Bertz CT molecular complexity index is 935. The van der Waals surface area contributed by atoms with E-state index in [1.807, 2.05) is 6.92 Å². The highest BCUT2D eigenvalue weighted by Gasteiger charge is 2.39. The van der Waals surface area contributed by atoms with Gasteiger partial charge in [-0.15, -0.1) is 0 Å². The lowest BCUT2D eigenvalue weighted by Crippen LogP contribution is -2.43. The van der Waals surface area contributed by atoms with Crippen molar-refractivity contribution in [3.63, 3.8) is 0 Å². The van der Waals surface area contributed by atoms with Crippen molar-refractivity contribution < 1.29 is 22.7 Å². The van der Waals surface area contributed by atoms with Gasteiger partial charge in [-0.05, 0) is 44.0 Å². The van der Waals surface area contributed by atoms with Gasteiger partial charge in [0.1, 0.15) is 23.2 Å². The predicted molar refractivity (Wildman–Crippen MR) is 106 cm³/mol. The molecule has 0 aliphatic carbocycles. The molecule has 0 saturated carbocycles. The minimum atomic E-state index is -3.76. The third-order valence-corrected chi connectivity index (χ3v) is 6.73. The van der Waals surface area contributed by atoms with Gasteiger partial charge in [0.15, 0.2) is 0 Å². The zero-order valence-corrected chi connectivity index (χ0v) is 17.0. The second-order valence-electron chi connectivity index (χ2n) is 6.61. The van der Waals surface area contributed by atoms with E-state index < -0.39 is 22.0 Å². The molecular formula is C20H24N2O5S. The zero-order valence-electron chi connectivity index (χ0n) is 16.1. The van der Waals surface area contributed by atoms with Crippen LogP contribution in [0.25, 0.3) is 0 Å². The summed E-state index contributed by atoms with van der Waals surface area (Å²) in [5, 5.41) is 2.79. The molecule has 1 atom stereocenters. The lowest BCUT2D eigenvalue weighted by atomic mass is 10.2. The number of hydrogen-bond acceptors (Lipinski definition) is 5. The number of ether oxygens (including phenoxy) is 2. The molecule has 0 radical (unpaired) electrons. The van der Waals surface area contributed by atoms with Crippen molar-refractivity contribution in [1.29, 1.82) is 0 Å². The summed E-state index contributed by atoms with van der Waals surface area (Å²) in [4.78, 5) is 13.2. The Morgan fingerprint density at radius 1 is 1.07 bits per heavy atom. The summed E-state index contributed by atoms with van der Waals surface area (Å²) >= 11 is 0. The summed E-state index contributed by atoms with van der Waals surface area (Å²) in [6.07, 6.45) is 1.07. The normalized spacial score (nSPS) is 17.3. The fourth-order valence-electron chi connectivity index (χ4n) is 3.32. The van der Waals surface area contributed by atoms with E-state index in [0.717, 1.165) is 5.56 Å². The Hall–Kier alpha value is -2.58. The molecule has 3 rings (SSSR count). The highest BCUT2D eigenvalue weighted by molar-refractivity contribution is 7.89. The number of aryl methyl sites for hydroxylation is 1. The molecule has 28 heavy (non-hydrogen) atoms. The quantitative estimate of drug-likeness (QED) is 0.800. The molecule has 1 aliphatic rings. The molecule has 1 fully saturated rings. The van der Waals surface area contributed by atoms with E-state index in [1.54, 1.807) is 42.5 Å². The van der Waals surface area contributed by atoms with Crippen LogP contribution in [0.3, 0.4) is 0 Å². The van der Waals surface area contributed by atoms with Gasteiger partial charge in [-0.25, -0.2) is 8.42 Å². The Morgan fingerprint density at radius 3 is 2.25 bits per heavy atom. The van der Waals surface area contributed by atoms with Gasteiger partial charge >= 0.3 is 0 Å². The summed E-state index contributed by atoms with van der Waals surface area (Å²) in [5.74, 6) is 0.480. The van der Waals surface area contributed by atoms with Gasteiger partial charge in [0.05, 0.1) is 19.1 Å². The second-order valence-corrected chi connectivity index (χ2v) is 8.50. The highest BCUT2D eigenvalue weighted by atomic mass is 32.2. The van der Waals surface area contributed by atoms with Crippen LogP contribution in [0, 0.1) is 6.92 Å². The lowest BCUT2D eigenvalue weighted by Gasteiger charge is -2.24. The SMILES string of the molecule is COc1cccc(OC)c1NC(=O)C1CCCN1S(=O)(=O)c1ccc(C)cc1. The molecule has 150 valence electrons. The van der Waals surface area contributed by atoms with Gasteiger partial charge < -0.3 is 14.8 Å². The van der Waals surface area contributed by atoms with E-state index in [4.69, 9.17) is 9.47 Å². The van der Waals surface area contributed by atoms with Crippen LogP contribution in [0.15, 0.2) is 47.4 Å². The zero-order chi connectivity index (χ0) is 20.3. The number of benzene rings is 2. The first-order valence-electron chi connectivity index (χ1n) is 8.99. The van der Waals surface area contributed by atoms with Crippen molar-refractivity contribution in [1.82, 2.24) is 4.31 Å². The monoisotopic (exact) mass is 404 g/mol. The van der Waals surface area contributed by atoms with Crippen LogP contribution in [0.4, 0.5) is 5.69 Å². The number of carbonyl (C=O) groups excluding carboxylic acids is 1. The fourth-order valence-corrected chi connectivity index (χ4v) is 4.97. The molecule has 1 heterocycles. The van der Waals surface area contributed by atoms with Crippen LogP contribution in [-0.4, -0.2) is 45.4 Å². The van der Waals surface area contributed by atoms with Crippen molar-refractivity contribution in [2.45, 2.75) is 30.7 Å². The summed E-state index contributed by atoms with van der Waals surface area (Å²) in [5.41, 5.74) is 1.36. The van der Waals surface area contributed by atoms with Crippen molar-refractivity contribution in [2.75, 3.05) is 26.1 Å². The third-order valence-electron chi connectivity index (χ3n) is 4.81. The molecule has 0 aromatic heterocycles. The van der Waals surface area contributed by atoms with Crippen LogP contribution in [0.5, 0.6) is 11.5 Å². The number of rotatable bonds is 6. The standard InChI is InChI=1S/C20H24N2O5S/c1-14-9-11-15(12-10-14)28(24,25)22-13-5-6-16(22)20(23)21-19-17(26-2)7-4-8-18(19)27-3/h4,7-12,16H,5-6,13H2,1-3H3,(H,21,23). The predicted octanol–water partition coefficient (Wildman–Crippen LogP) is 2.80. The van der Waals surface area contributed by atoms with Gasteiger partial charge in [0.25, 0.3) is 0 Å². The minimum absolute atomic E-state index is 0.188. The Kier molecular flexibility index (Phi) is 5.90. The molecule has 1 N–H and O–H groups in total. The molecule has 1 unspecified atom stereocenters. The molecule has 0 spiro atoms. The number of para-hydroxylation sites is 1. The average Bonchev–Trinajstić information content (AvgIpc) is 3.19. The van der Waals surface area contributed by atoms with E-state index in [0.29, 0.717) is 36.6 Å². The van der Waals surface area contributed by atoms with Crippen LogP contribution in [0.2, 0.25) is 0 Å². The summed E-state index contributed by atoms with van der Waals surface area (Å²) in [6, 6.07) is 11.0. The van der Waals surface area contributed by atoms with Crippen LogP contribution < -0.4 is 14.8 Å². The first-order chi connectivity index (χ1) is 13.4. The summed E-state index contributed by atoms with van der Waals surface area (Å²) < 4.78 is 38.0. The van der Waals surface area contributed by atoms with E-state index in [2.05, 4.69) is 5.32 Å². The lowest BCUT2D eigenvalue weighted by molar-refractivity contribution is -0.119. The average molecular weight is 404 g/mol. The molecule has 1 saturated heterocycles. The van der Waals surface area contributed by atoms with Crippen LogP contribution in [0.1, 0.15) is 18.4 Å². The van der Waals surface area contributed by atoms with E-state index in [1.165, 1.54) is 18.5 Å². The molecule has 8 heteroatoms. The third kappa shape index (κ3) is 3.83. The van der Waals surface area contributed by atoms with Crippen molar-refractivity contribution >= 4 is 21.6 Å².